The topological polar surface area (TPSA) is 55.1 Å². The molecular weight excluding hydrogens is 310 g/mol. The van der Waals surface area contributed by atoms with Crippen molar-refractivity contribution in [3.05, 3.63) is 78.6 Å². The summed E-state index contributed by atoms with van der Waals surface area (Å²) in [5, 5.41) is 7.92. The third-order valence-corrected chi connectivity index (χ3v) is 4.25. The number of fused-ring (bicyclic) bond motifs is 1. The van der Waals surface area contributed by atoms with Gasteiger partial charge in [0, 0.05) is 11.6 Å². The van der Waals surface area contributed by atoms with Crippen LogP contribution in [0.5, 0.6) is 0 Å². The highest BCUT2D eigenvalue weighted by atomic mass is 15.4. The summed E-state index contributed by atoms with van der Waals surface area (Å²) < 4.78 is 1.75. The van der Waals surface area contributed by atoms with Crippen molar-refractivity contribution in [1.82, 2.24) is 19.6 Å². The zero-order valence-corrected chi connectivity index (χ0v) is 14.0. The summed E-state index contributed by atoms with van der Waals surface area (Å²) in [6.45, 7) is 2.17. The average molecular weight is 329 g/mol. The zero-order valence-electron chi connectivity index (χ0n) is 14.0. The third-order valence-electron chi connectivity index (χ3n) is 4.25. The van der Waals surface area contributed by atoms with E-state index in [0.29, 0.717) is 5.78 Å². The Kier molecular flexibility index (Phi) is 4.12. The summed E-state index contributed by atoms with van der Waals surface area (Å²) in [5.74, 6) is 1.48. The number of hydrogen-bond donors (Lipinski definition) is 1. The Labute approximate surface area is 146 Å². The van der Waals surface area contributed by atoms with Gasteiger partial charge in [0.25, 0.3) is 5.78 Å². The molecule has 0 bridgehead atoms. The summed E-state index contributed by atoms with van der Waals surface area (Å²) in [6, 6.07) is 22.8. The molecule has 0 aliphatic rings. The number of anilines is 1. The van der Waals surface area contributed by atoms with Crippen molar-refractivity contribution in [2.45, 2.75) is 19.4 Å². The number of nitrogens with one attached hydrogen (secondary N) is 1. The van der Waals surface area contributed by atoms with E-state index >= 15 is 0 Å². The quantitative estimate of drug-likeness (QED) is 0.591. The molecule has 4 rings (SSSR count). The van der Waals surface area contributed by atoms with Crippen LogP contribution >= 0.6 is 0 Å². The van der Waals surface area contributed by atoms with E-state index in [1.165, 1.54) is 11.9 Å². The van der Waals surface area contributed by atoms with Crippen LogP contribution in [0.4, 0.5) is 5.82 Å². The summed E-state index contributed by atoms with van der Waals surface area (Å²) in [4.78, 5) is 8.89. The molecule has 2 heterocycles. The predicted octanol–water partition coefficient (Wildman–Crippen LogP) is 4.35. The Balaban J connectivity index is 1.77. The lowest BCUT2D eigenvalue weighted by molar-refractivity contribution is 0.735. The zero-order chi connectivity index (χ0) is 17.1. The second-order valence-electron chi connectivity index (χ2n) is 5.88. The van der Waals surface area contributed by atoms with Gasteiger partial charge in [-0.05, 0) is 12.0 Å². The summed E-state index contributed by atoms with van der Waals surface area (Å²) in [6.07, 6.45) is 2.49. The number of aromatic nitrogens is 4. The Hall–Kier alpha value is -3.21. The molecule has 25 heavy (non-hydrogen) atoms. The fourth-order valence-electron chi connectivity index (χ4n) is 2.96. The maximum atomic E-state index is 4.62. The normalized spacial score (nSPS) is 12.2. The molecule has 0 fully saturated rings. The van der Waals surface area contributed by atoms with Gasteiger partial charge in [-0.15, -0.1) is 0 Å². The minimum atomic E-state index is 0.194. The first kappa shape index (κ1) is 15.3. The largest absolute Gasteiger partial charge is 0.363 e. The van der Waals surface area contributed by atoms with E-state index in [1.807, 2.05) is 42.5 Å². The Morgan fingerprint density at radius 3 is 2.44 bits per heavy atom. The molecule has 0 aliphatic heterocycles. The lowest BCUT2D eigenvalue weighted by atomic mass is 10.0. The fourth-order valence-corrected chi connectivity index (χ4v) is 2.96. The van der Waals surface area contributed by atoms with Crippen LogP contribution in [0.25, 0.3) is 17.0 Å². The van der Waals surface area contributed by atoms with Gasteiger partial charge in [0.2, 0.25) is 0 Å². The molecule has 124 valence electrons. The van der Waals surface area contributed by atoms with Crippen molar-refractivity contribution in [3.63, 3.8) is 0 Å². The van der Waals surface area contributed by atoms with Crippen molar-refractivity contribution < 1.29 is 0 Å². The molecule has 5 heteroatoms. The monoisotopic (exact) mass is 329 g/mol. The highest BCUT2D eigenvalue weighted by Crippen LogP contribution is 2.26. The summed E-state index contributed by atoms with van der Waals surface area (Å²) >= 11 is 0. The molecule has 2 aromatic carbocycles. The van der Waals surface area contributed by atoms with Crippen LogP contribution in [0.1, 0.15) is 24.9 Å². The molecule has 4 aromatic rings. The van der Waals surface area contributed by atoms with E-state index in [9.17, 15) is 0 Å². The van der Waals surface area contributed by atoms with Crippen LogP contribution < -0.4 is 5.32 Å². The highest BCUT2D eigenvalue weighted by Gasteiger charge is 2.14. The van der Waals surface area contributed by atoms with Crippen molar-refractivity contribution in [3.8, 4) is 11.3 Å². The summed E-state index contributed by atoms with van der Waals surface area (Å²) in [7, 11) is 0. The van der Waals surface area contributed by atoms with Crippen LogP contribution in [0, 0.1) is 0 Å². The molecule has 0 aliphatic carbocycles. The molecule has 0 saturated heterocycles. The lowest BCUT2D eigenvalue weighted by Crippen LogP contribution is -2.13. The average Bonchev–Trinajstić information content (AvgIpc) is 3.16. The second kappa shape index (κ2) is 6.73. The highest BCUT2D eigenvalue weighted by molar-refractivity contribution is 5.65. The number of nitrogens with zero attached hydrogens (tertiary/aromatic N) is 4. The molecule has 0 saturated carbocycles. The van der Waals surface area contributed by atoms with Gasteiger partial charge < -0.3 is 5.32 Å². The SMILES string of the molecule is CC[C@H](Nc1cc(-c2ccccc2)nc2ncnn12)c1ccccc1. The third kappa shape index (κ3) is 3.08. The standard InChI is InChI=1S/C20H19N5/c1-2-17(15-9-5-3-6-10-15)23-19-13-18(16-11-7-4-8-12-16)24-20-21-14-22-25(19)20/h3-14,17,23H,2H2,1H3/t17-/m0/s1. The summed E-state index contributed by atoms with van der Waals surface area (Å²) in [5.41, 5.74) is 3.19. The van der Waals surface area contributed by atoms with Crippen LogP contribution in [-0.4, -0.2) is 19.6 Å². The minimum Gasteiger partial charge on any atom is -0.363 e. The molecule has 1 atom stereocenters. The Bertz CT molecular complexity index is 963. The van der Waals surface area contributed by atoms with Crippen LogP contribution in [0.3, 0.4) is 0 Å². The van der Waals surface area contributed by atoms with Gasteiger partial charge in [0.1, 0.15) is 12.1 Å². The molecule has 0 radical (unpaired) electrons. The number of hydrogen-bond acceptors (Lipinski definition) is 4. The van der Waals surface area contributed by atoms with E-state index in [2.05, 4.69) is 51.6 Å². The maximum absolute atomic E-state index is 4.62. The van der Waals surface area contributed by atoms with Crippen molar-refractivity contribution >= 4 is 11.6 Å². The predicted molar refractivity (Wildman–Crippen MR) is 99.3 cm³/mol. The smallest absolute Gasteiger partial charge is 0.254 e. The van der Waals surface area contributed by atoms with Gasteiger partial charge in [-0.1, -0.05) is 67.6 Å². The second-order valence-corrected chi connectivity index (χ2v) is 5.88. The van der Waals surface area contributed by atoms with E-state index in [0.717, 1.165) is 23.5 Å². The molecular formula is C20H19N5. The van der Waals surface area contributed by atoms with Crippen LogP contribution in [0.15, 0.2) is 73.1 Å². The molecule has 5 nitrogen and oxygen atoms in total. The van der Waals surface area contributed by atoms with E-state index in [-0.39, 0.29) is 6.04 Å². The van der Waals surface area contributed by atoms with E-state index in [4.69, 9.17) is 0 Å². The molecule has 0 spiro atoms. The number of benzene rings is 2. The maximum Gasteiger partial charge on any atom is 0.254 e. The Morgan fingerprint density at radius 2 is 1.72 bits per heavy atom. The van der Waals surface area contributed by atoms with E-state index in [1.54, 1.807) is 4.52 Å². The van der Waals surface area contributed by atoms with Gasteiger partial charge >= 0.3 is 0 Å². The van der Waals surface area contributed by atoms with E-state index < -0.39 is 0 Å². The van der Waals surface area contributed by atoms with Crippen molar-refractivity contribution in [2.75, 3.05) is 5.32 Å². The molecule has 0 unspecified atom stereocenters. The van der Waals surface area contributed by atoms with Gasteiger partial charge in [-0.3, -0.25) is 0 Å². The van der Waals surface area contributed by atoms with Gasteiger partial charge in [0.05, 0.1) is 11.7 Å². The van der Waals surface area contributed by atoms with Gasteiger partial charge in [0.15, 0.2) is 0 Å². The first-order valence-electron chi connectivity index (χ1n) is 8.43. The molecule has 1 N–H and O–H groups in total. The van der Waals surface area contributed by atoms with Crippen LogP contribution in [0.2, 0.25) is 0 Å². The molecule has 0 amide bonds. The first-order chi connectivity index (χ1) is 12.3. The van der Waals surface area contributed by atoms with Crippen LogP contribution in [-0.2, 0) is 0 Å². The van der Waals surface area contributed by atoms with Gasteiger partial charge in [-0.2, -0.15) is 14.6 Å². The van der Waals surface area contributed by atoms with Crippen molar-refractivity contribution in [2.24, 2.45) is 0 Å². The van der Waals surface area contributed by atoms with Crippen molar-refractivity contribution in [1.29, 1.82) is 0 Å². The van der Waals surface area contributed by atoms with Gasteiger partial charge in [-0.25, -0.2) is 4.98 Å². The molecule has 2 aromatic heterocycles. The minimum absolute atomic E-state index is 0.194. The number of rotatable bonds is 5. The first-order valence-corrected chi connectivity index (χ1v) is 8.43. The lowest BCUT2D eigenvalue weighted by Gasteiger charge is -2.19. The Morgan fingerprint density at radius 1 is 1.00 bits per heavy atom. The fraction of sp³-hybridized carbons (Fsp3) is 0.150.